The minimum atomic E-state index is -1.34. The first-order valence-electron chi connectivity index (χ1n) is 12.6. The number of amides is 1. The van der Waals surface area contributed by atoms with Gasteiger partial charge in [0.05, 0.1) is 37.8 Å². The van der Waals surface area contributed by atoms with Crippen molar-refractivity contribution in [2.45, 2.75) is 31.3 Å². The molecule has 0 aromatic heterocycles. The van der Waals surface area contributed by atoms with Crippen molar-refractivity contribution in [1.82, 2.24) is 0 Å². The first-order chi connectivity index (χ1) is 18.3. The van der Waals surface area contributed by atoms with E-state index >= 15 is 0 Å². The number of benzene rings is 3. The van der Waals surface area contributed by atoms with E-state index in [2.05, 4.69) is 5.32 Å². The predicted molar refractivity (Wildman–Crippen MR) is 145 cm³/mol. The number of rotatable bonds is 5. The lowest BCUT2D eigenvalue weighted by atomic mass is 9.64. The Morgan fingerprint density at radius 2 is 1.71 bits per heavy atom. The third kappa shape index (κ3) is 3.05. The van der Waals surface area contributed by atoms with E-state index in [1.165, 1.54) is 21.1 Å². The normalized spacial score (nSPS) is 24.7. The summed E-state index contributed by atoms with van der Waals surface area (Å²) in [6.45, 7) is 3.50. The van der Waals surface area contributed by atoms with E-state index in [1.807, 2.05) is 66.4 Å². The molecule has 1 spiro atoms. The van der Waals surface area contributed by atoms with Gasteiger partial charge in [0.25, 0.3) is 0 Å². The summed E-state index contributed by atoms with van der Waals surface area (Å²) in [5, 5.41) is 3.03. The van der Waals surface area contributed by atoms with Crippen LogP contribution in [0.25, 0.3) is 5.57 Å². The van der Waals surface area contributed by atoms with Gasteiger partial charge < -0.3 is 19.7 Å². The smallest absolute Gasteiger partial charge is 0.238 e. The van der Waals surface area contributed by atoms with E-state index < -0.39 is 23.4 Å². The van der Waals surface area contributed by atoms with Crippen LogP contribution < -0.4 is 19.7 Å². The average molecular weight is 509 g/mol. The zero-order chi connectivity index (χ0) is 26.8. The van der Waals surface area contributed by atoms with E-state index in [-0.39, 0.29) is 23.0 Å². The van der Waals surface area contributed by atoms with Crippen molar-refractivity contribution < 1.29 is 23.9 Å². The Morgan fingerprint density at radius 3 is 2.45 bits per heavy atom. The molecule has 3 aromatic carbocycles. The number of para-hydroxylation sites is 2. The largest absolute Gasteiger partial charge is 0.497 e. The molecule has 7 nitrogen and oxygen atoms in total. The van der Waals surface area contributed by atoms with Gasteiger partial charge in [-0.25, -0.2) is 0 Å². The van der Waals surface area contributed by atoms with Crippen molar-refractivity contribution >= 4 is 34.4 Å². The second kappa shape index (κ2) is 8.58. The van der Waals surface area contributed by atoms with Crippen LogP contribution >= 0.6 is 0 Å². The monoisotopic (exact) mass is 508 g/mol. The van der Waals surface area contributed by atoms with Crippen LogP contribution in [0.3, 0.4) is 0 Å². The number of ketones is 2. The molecule has 38 heavy (non-hydrogen) atoms. The fraction of sp³-hybridized carbons (Fsp3) is 0.258. The van der Waals surface area contributed by atoms with Gasteiger partial charge in [-0.2, -0.15) is 0 Å². The number of hydrogen-bond acceptors (Lipinski definition) is 6. The van der Waals surface area contributed by atoms with Crippen LogP contribution in [-0.2, 0) is 15.0 Å². The van der Waals surface area contributed by atoms with Gasteiger partial charge in [-0.15, -0.1) is 0 Å². The summed E-state index contributed by atoms with van der Waals surface area (Å²) >= 11 is 0. The highest BCUT2D eigenvalue weighted by Gasteiger charge is 2.70. The van der Waals surface area contributed by atoms with Gasteiger partial charge in [-0.05, 0) is 55.3 Å². The molecule has 1 N–H and O–H groups in total. The molecular formula is C31H28N2O5. The number of nitrogens with zero attached hydrogens (tertiary/aromatic N) is 1. The summed E-state index contributed by atoms with van der Waals surface area (Å²) in [6.07, 6.45) is 2.04. The average Bonchev–Trinajstić information content (AvgIpc) is 3.40. The number of nitrogens with one attached hydrogen (secondary N) is 1. The maximum absolute atomic E-state index is 14.7. The van der Waals surface area contributed by atoms with Crippen LogP contribution in [-0.4, -0.2) is 43.8 Å². The molecule has 0 radical (unpaired) electrons. The number of carbonyl (C=O) groups excluding carboxylic acids is 3. The Bertz CT molecular complexity index is 1540. The van der Waals surface area contributed by atoms with Crippen molar-refractivity contribution in [2.24, 2.45) is 5.92 Å². The molecule has 0 saturated carbocycles. The number of methoxy groups -OCH3 is 2. The van der Waals surface area contributed by atoms with Crippen LogP contribution in [0.2, 0.25) is 0 Å². The molecule has 1 amide bonds. The number of allylic oxidation sites excluding steroid dienone is 1. The molecule has 3 aliphatic heterocycles. The maximum atomic E-state index is 14.7. The summed E-state index contributed by atoms with van der Waals surface area (Å²) in [5.74, 6) is -1.00. The summed E-state index contributed by atoms with van der Waals surface area (Å²) in [5.41, 5.74) is 3.11. The summed E-state index contributed by atoms with van der Waals surface area (Å²) in [7, 11) is 3.02. The number of ether oxygens (including phenoxy) is 2. The number of hydrogen-bond donors (Lipinski definition) is 1. The molecule has 3 aliphatic rings. The molecule has 7 heteroatoms. The van der Waals surface area contributed by atoms with Gasteiger partial charge in [-0.1, -0.05) is 42.5 Å². The molecule has 192 valence electrons. The lowest BCUT2D eigenvalue weighted by molar-refractivity contribution is -0.122. The molecule has 0 bridgehead atoms. The highest BCUT2D eigenvalue weighted by molar-refractivity contribution is 6.17. The van der Waals surface area contributed by atoms with Crippen molar-refractivity contribution in [3.05, 3.63) is 89.5 Å². The summed E-state index contributed by atoms with van der Waals surface area (Å²) < 4.78 is 11.0. The van der Waals surface area contributed by atoms with Crippen molar-refractivity contribution in [2.75, 3.05) is 24.4 Å². The third-order valence-corrected chi connectivity index (χ3v) is 8.25. The Morgan fingerprint density at radius 1 is 0.974 bits per heavy atom. The van der Waals surface area contributed by atoms with Crippen LogP contribution in [0.5, 0.6) is 11.5 Å². The van der Waals surface area contributed by atoms with E-state index in [4.69, 9.17) is 9.47 Å². The summed E-state index contributed by atoms with van der Waals surface area (Å²) in [6, 6.07) is 18.9. The first-order valence-corrected chi connectivity index (χ1v) is 12.6. The molecule has 1 saturated heterocycles. The zero-order valence-corrected chi connectivity index (χ0v) is 21.6. The van der Waals surface area contributed by atoms with Crippen molar-refractivity contribution in [3.8, 4) is 11.5 Å². The van der Waals surface area contributed by atoms with E-state index in [1.54, 1.807) is 18.2 Å². The van der Waals surface area contributed by atoms with E-state index in [9.17, 15) is 14.4 Å². The van der Waals surface area contributed by atoms with Crippen LogP contribution in [0, 0.1) is 5.92 Å². The fourth-order valence-electron chi connectivity index (χ4n) is 6.71. The minimum absolute atomic E-state index is 0.188. The molecule has 1 fully saturated rings. The minimum Gasteiger partial charge on any atom is -0.497 e. The van der Waals surface area contributed by atoms with Gasteiger partial charge in [0.1, 0.15) is 16.9 Å². The predicted octanol–water partition coefficient (Wildman–Crippen LogP) is 4.66. The number of Topliss-reactive ketones (excluding diaryl/α,β-unsaturated/α-hetero) is 2. The second-order valence-corrected chi connectivity index (χ2v) is 10.1. The van der Waals surface area contributed by atoms with Crippen LogP contribution in [0.1, 0.15) is 35.3 Å². The lowest BCUT2D eigenvalue weighted by Gasteiger charge is -2.39. The highest BCUT2D eigenvalue weighted by Crippen LogP contribution is 2.58. The number of carbonyl (C=O) groups is 3. The van der Waals surface area contributed by atoms with Crippen LogP contribution in [0.4, 0.5) is 11.4 Å². The maximum Gasteiger partial charge on any atom is 0.238 e. The molecule has 0 unspecified atom stereocenters. The molecule has 4 atom stereocenters. The van der Waals surface area contributed by atoms with Gasteiger partial charge in [0.2, 0.25) is 5.91 Å². The quantitative estimate of drug-likeness (QED) is 0.505. The Labute approximate surface area is 221 Å². The number of anilines is 2. The van der Waals surface area contributed by atoms with Crippen molar-refractivity contribution in [1.29, 1.82) is 0 Å². The molecule has 3 aromatic rings. The van der Waals surface area contributed by atoms with E-state index in [0.29, 0.717) is 22.7 Å². The number of fused-ring (bicyclic) bond motifs is 6. The Balaban J connectivity index is 1.68. The molecular weight excluding hydrogens is 480 g/mol. The highest BCUT2D eigenvalue weighted by atomic mass is 16.5. The standard InChI is InChI=1S/C31H28N2O5/c1-17-15-26-31(22-10-6-7-11-23(22)32-30(31)36)27(29(35)21-16-19(37-3)13-14-25(21)38-4)28(18(2)34)33(26)24-12-8-5-9-20(17)24/h5-16,26-28H,1-4H3,(H,32,36)/t26-,27-,28-,31-/m0/s1. The first kappa shape index (κ1) is 24.0. The fourth-order valence-corrected chi connectivity index (χ4v) is 6.71. The molecule has 6 rings (SSSR count). The third-order valence-electron chi connectivity index (χ3n) is 8.25. The van der Waals surface area contributed by atoms with E-state index in [0.717, 1.165) is 16.8 Å². The van der Waals surface area contributed by atoms with Gasteiger partial charge in [0, 0.05) is 16.9 Å². The van der Waals surface area contributed by atoms with Gasteiger partial charge in [-0.3, -0.25) is 14.4 Å². The van der Waals surface area contributed by atoms with Gasteiger partial charge in [0.15, 0.2) is 11.6 Å². The zero-order valence-electron chi connectivity index (χ0n) is 21.6. The topological polar surface area (TPSA) is 84.9 Å². The van der Waals surface area contributed by atoms with Crippen molar-refractivity contribution in [3.63, 3.8) is 0 Å². The second-order valence-electron chi connectivity index (χ2n) is 10.1. The molecule has 3 heterocycles. The Kier molecular flexibility index (Phi) is 5.42. The van der Waals surface area contributed by atoms with Gasteiger partial charge >= 0.3 is 0 Å². The summed E-state index contributed by atoms with van der Waals surface area (Å²) in [4.78, 5) is 44.5. The SMILES string of the molecule is COc1ccc(OC)c(C(=O)[C@@H]2[C@H](C(C)=O)N3c4ccccc4C(C)=C[C@H]3[C@]23C(=O)Nc2ccccc23)c1. The van der Waals surface area contributed by atoms with Crippen LogP contribution in [0.15, 0.2) is 72.8 Å². The Hall–Kier alpha value is -4.39. The molecule has 0 aliphatic carbocycles. The lowest BCUT2D eigenvalue weighted by Crippen LogP contribution is -2.51.